The Morgan fingerprint density at radius 3 is 2.65 bits per heavy atom. The highest BCUT2D eigenvalue weighted by atomic mass is 79.9. The lowest BCUT2D eigenvalue weighted by Crippen LogP contribution is -2.12. The van der Waals surface area contributed by atoms with Gasteiger partial charge in [0, 0.05) is 11.6 Å². The van der Waals surface area contributed by atoms with Gasteiger partial charge in [0.15, 0.2) is 0 Å². The first-order valence-electron chi connectivity index (χ1n) is 6.43. The molecule has 112 valence electrons. The van der Waals surface area contributed by atoms with Crippen molar-refractivity contribution in [1.82, 2.24) is 0 Å². The third-order valence-electron chi connectivity index (χ3n) is 2.62. The van der Waals surface area contributed by atoms with Crippen molar-refractivity contribution in [1.29, 1.82) is 0 Å². The number of hydrogen-bond donors (Lipinski definition) is 1. The quantitative estimate of drug-likeness (QED) is 0.552. The van der Waals surface area contributed by atoms with E-state index in [0.717, 1.165) is 5.56 Å². The number of rotatable bonds is 9. The zero-order chi connectivity index (χ0) is 14.8. The first-order chi connectivity index (χ1) is 9.65. The number of benzene rings is 1. The maximum absolute atomic E-state index is 10.2. The predicted molar refractivity (Wildman–Crippen MR) is 81.7 cm³/mol. The summed E-state index contributed by atoms with van der Waals surface area (Å²) in [4.78, 5) is 0. The third kappa shape index (κ3) is 6.63. The molecule has 0 radical (unpaired) electrons. The van der Waals surface area contributed by atoms with E-state index in [2.05, 4.69) is 15.9 Å². The van der Waals surface area contributed by atoms with E-state index in [-0.39, 0.29) is 12.9 Å². The summed E-state index contributed by atoms with van der Waals surface area (Å²) in [7, 11) is 1.62. The molecule has 5 heteroatoms. The zero-order valence-corrected chi connectivity index (χ0v) is 13.4. The van der Waals surface area contributed by atoms with Crippen LogP contribution in [0.15, 0.2) is 40.9 Å². The summed E-state index contributed by atoms with van der Waals surface area (Å²) in [5.74, 6) is 0. The van der Waals surface area contributed by atoms with Crippen LogP contribution in [0.4, 0.5) is 0 Å². The second kappa shape index (κ2) is 10.1. The Bertz CT molecular complexity index is 394. The molecule has 0 bridgehead atoms. The topological polar surface area (TPSA) is 47.9 Å². The van der Waals surface area contributed by atoms with Gasteiger partial charge in [-0.25, -0.2) is 0 Å². The van der Waals surface area contributed by atoms with Gasteiger partial charge in [-0.1, -0.05) is 46.3 Å². The summed E-state index contributed by atoms with van der Waals surface area (Å²) in [5, 5.41) is 10.2. The molecular weight excluding hydrogens is 324 g/mol. The van der Waals surface area contributed by atoms with E-state index in [1.807, 2.05) is 43.3 Å². The van der Waals surface area contributed by atoms with E-state index in [4.69, 9.17) is 14.2 Å². The molecule has 1 N–H and O–H groups in total. The summed E-state index contributed by atoms with van der Waals surface area (Å²) in [6.45, 7) is 3.13. The molecule has 0 saturated heterocycles. The van der Waals surface area contributed by atoms with Crippen molar-refractivity contribution in [2.45, 2.75) is 19.1 Å². The monoisotopic (exact) mass is 344 g/mol. The molecule has 0 amide bonds. The average molecular weight is 345 g/mol. The average Bonchev–Trinajstić information content (AvgIpc) is 2.47. The molecule has 0 aliphatic heterocycles. The molecule has 0 spiro atoms. The lowest BCUT2D eigenvalue weighted by molar-refractivity contribution is -0.0805. The summed E-state index contributed by atoms with van der Waals surface area (Å²) in [5.41, 5.74) is 0.833. The molecule has 2 atom stereocenters. The van der Waals surface area contributed by atoms with Crippen LogP contribution in [0.5, 0.6) is 0 Å². The minimum atomic E-state index is -0.684. The first-order valence-corrected chi connectivity index (χ1v) is 7.23. The van der Waals surface area contributed by atoms with E-state index in [9.17, 15) is 5.11 Å². The Kier molecular flexibility index (Phi) is 8.73. The van der Waals surface area contributed by atoms with Crippen molar-refractivity contribution < 1.29 is 19.3 Å². The van der Waals surface area contributed by atoms with Crippen molar-refractivity contribution in [3.05, 3.63) is 46.5 Å². The van der Waals surface area contributed by atoms with E-state index >= 15 is 0 Å². The van der Waals surface area contributed by atoms with E-state index in [0.29, 0.717) is 17.7 Å². The normalized spacial score (nSPS) is 15.1. The molecule has 0 saturated carbocycles. The maximum Gasteiger partial charge on any atom is 0.147 e. The van der Waals surface area contributed by atoms with Crippen LogP contribution in [0.1, 0.15) is 18.6 Å². The fourth-order valence-electron chi connectivity index (χ4n) is 1.51. The number of aliphatic hydroxyl groups excluding tert-OH is 1. The highest BCUT2D eigenvalue weighted by Crippen LogP contribution is 2.26. The summed E-state index contributed by atoms with van der Waals surface area (Å²) >= 11 is 3.38. The minimum absolute atomic E-state index is 0.162. The Morgan fingerprint density at radius 1 is 1.30 bits per heavy atom. The SMILES string of the molecule is COCCOCO[C@@H](C)/C=C(/Br)[C@H](O)c1ccccc1. The molecular formula is C15H21BrO4. The van der Waals surface area contributed by atoms with Crippen molar-refractivity contribution >= 4 is 15.9 Å². The number of hydrogen-bond acceptors (Lipinski definition) is 4. The van der Waals surface area contributed by atoms with Gasteiger partial charge in [-0.2, -0.15) is 0 Å². The van der Waals surface area contributed by atoms with Gasteiger partial charge in [-0.05, 0) is 18.6 Å². The summed E-state index contributed by atoms with van der Waals surface area (Å²) in [6.07, 6.45) is 0.971. The van der Waals surface area contributed by atoms with Gasteiger partial charge in [-0.3, -0.25) is 0 Å². The van der Waals surface area contributed by atoms with Gasteiger partial charge < -0.3 is 19.3 Å². The standard InChI is InChI=1S/C15H21BrO4/c1-12(20-11-19-9-8-18-2)10-14(16)15(17)13-6-4-3-5-7-13/h3-7,10,12,15,17H,8-9,11H2,1-2H3/b14-10+/t12-,15+/m0/s1. The molecule has 1 rings (SSSR count). The van der Waals surface area contributed by atoms with E-state index in [1.165, 1.54) is 0 Å². The van der Waals surface area contributed by atoms with Crippen LogP contribution in [-0.2, 0) is 14.2 Å². The highest BCUT2D eigenvalue weighted by Gasteiger charge is 2.11. The van der Waals surface area contributed by atoms with Crippen LogP contribution in [-0.4, -0.2) is 38.3 Å². The van der Waals surface area contributed by atoms with Crippen LogP contribution in [0, 0.1) is 0 Å². The first kappa shape index (κ1) is 17.3. The Labute approximate surface area is 128 Å². The molecule has 0 aromatic heterocycles. The molecule has 0 heterocycles. The molecule has 20 heavy (non-hydrogen) atoms. The Balaban J connectivity index is 2.39. The minimum Gasteiger partial charge on any atom is -0.383 e. The zero-order valence-electron chi connectivity index (χ0n) is 11.8. The van der Waals surface area contributed by atoms with Gasteiger partial charge in [0.1, 0.15) is 12.9 Å². The fraction of sp³-hybridized carbons (Fsp3) is 0.467. The smallest absolute Gasteiger partial charge is 0.147 e. The molecule has 1 aromatic rings. The van der Waals surface area contributed by atoms with Crippen LogP contribution in [0.25, 0.3) is 0 Å². The number of ether oxygens (including phenoxy) is 3. The fourth-order valence-corrected chi connectivity index (χ4v) is 2.15. The van der Waals surface area contributed by atoms with Gasteiger partial charge in [0.2, 0.25) is 0 Å². The van der Waals surface area contributed by atoms with Crippen molar-refractivity contribution in [3.63, 3.8) is 0 Å². The van der Waals surface area contributed by atoms with Crippen LogP contribution >= 0.6 is 15.9 Å². The van der Waals surface area contributed by atoms with Gasteiger partial charge in [0.05, 0.1) is 19.3 Å². The molecule has 0 aliphatic rings. The van der Waals surface area contributed by atoms with E-state index in [1.54, 1.807) is 7.11 Å². The van der Waals surface area contributed by atoms with Gasteiger partial charge >= 0.3 is 0 Å². The van der Waals surface area contributed by atoms with Crippen LogP contribution in [0.3, 0.4) is 0 Å². The Hall–Kier alpha value is -0.720. The maximum atomic E-state index is 10.2. The van der Waals surface area contributed by atoms with E-state index < -0.39 is 6.10 Å². The van der Waals surface area contributed by atoms with Crippen LogP contribution in [0.2, 0.25) is 0 Å². The molecule has 1 aromatic carbocycles. The number of aliphatic hydroxyl groups is 1. The molecule has 0 aliphatic carbocycles. The largest absolute Gasteiger partial charge is 0.383 e. The van der Waals surface area contributed by atoms with Crippen LogP contribution < -0.4 is 0 Å². The highest BCUT2D eigenvalue weighted by molar-refractivity contribution is 9.11. The summed E-state index contributed by atoms with van der Waals surface area (Å²) < 4.78 is 16.2. The van der Waals surface area contributed by atoms with Gasteiger partial charge in [-0.15, -0.1) is 0 Å². The second-order valence-electron chi connectivity index (χ2n) is 4.26. The Morgan fingerprint density at radius 2 is 2.00 bits per heavy atom. The van der Waals surface area contributed by atoms with Crippen molar-refractivity contribution in [3.8, 4) is 0 Å². The lowest BCUT2D eigenvalue weighted by Gasteiger charge is -2.14. The lowest BCUT2D eigenvalue weighted by atomic mass is 10.1. The second-order valence-corrected chi connectivity index (χ2v) is 5.17. The number of halogens is 1. The van der Waals surface area contributed by atoms with Crippen molar-refractivity contribution in [2.75, 3.05) is 27.1 Å². The number of methoxy groups -OCH3 is 1. The molecule has 0 unspecified atom stereocenters. The summed E-state index contributed by atoms with van der Waals surface area (Å²) in [6, 6.07) is 9.44. The van der Waals surface area contributed by atoms with Gasteiger partial charge in [0.25, 0.3) is 0 Å². The van der Waals surface area contributed by atoms with Crippen molar-refractivity contribution in [2.24, 2.45) is 0 Å². The molecule has 0 fully saturated rings. The molecule has 4 nitrogen and oxygen atoms in total. The third-order valence-corrected chi connectivity index (χ3v) is 3.31. The predicted octanol–water partition coefficient (Wildman–Crippen LogP) is 3.02.